The summed E-state index contributed by atoms with van der Waals surface area (Å²) in [4.78, 5) is 0. The number of aromatic nitrogens is 2. The van der Waals surface area contributed by atoms with Crippen molar-refractivity contribution in [2.45, 2.75) is 54.9 Å². The summed E-state index contributed by atoms with van der Waals surface area (Å²) in [6.07, 6.45) is 7.58. The van der Waals surface area contributed by atoms with E-state index in [1.54, 1.807) is 0 Å². The lowest BCUT2D eigenvalue weighted by Crippen LogP contribution is -2.01. The van der Waals surface area contributed by atoms with Crippen molar-refractivity contribution < 1.29 is 0 Å². The zero-order chi connectivity index (χ0) is 32.8. The number of para-hydroxylation sites is 3. The summed E-state index contributed by atoms with van der Waals surface area (Å²) in [5.41, 5.74) is 13.3. The minimum Gasteiger partial charge on any atom is -0.309 e. The SMILES string of the molecule is C=Cc1c(/C=C\C)n(-c2ccccc2)c2c(-c3c(C)ccc4c5ccccc5n(-c5ccccc5)c34)c(C)ccc12.CC.CCC. The molecule has 46 heavy (non-hydrogen) atoms. The summed E-state index contributed by atoms with van der Waals surface area (Å²) < 4.78 is 4.87. The summed E-state index contributed by atoms with van der Waals surface area (Å²) >= 11 is 0. The van der Waals surface area contributed by atoms with Gasteiger partial charge in [0.15, 0.2) is 0 Å². The van der Waals surface area contributed by atoms with Crippen LogP contribution in [0.3, 0.4) is 0 Å². The normalized spacial score (nSPS) is 11.0. The monoisotopic (exact) mass is 602 g/mol. The number of hydrogen-bond acceptors (Lipinski definition) is 0. The molecule has 0 aliphatic heterocycles. The molecule has 0 radical (unpaired) electrons. The van der Waals surface area contributed by atoms with Gasteiger partial charge in [-0.1, -0.05) is 132 Å². The van der Waals surface area contributed by atoms with Crippen LogP contribution in [0.2, 0.25) is 0 Å². The van der Waals surface area contributed by atoms with Crippen molar-refractivity contribution in [1.82, 2.24) is 9.13 Å². The van der Waals surface area contributed by atoms with Crippen molar-refractivity contribution in [3.63, 3.8) is 0 Å². The van der Waals surface area contributed by atoms with E-state index >= 15 is 0 Å². The first kappa shape index (κ1) is 32.3. The molecule has 0 saturated heterocycles. The van der Waals surface area contributed by atoms with Gasteiger partial charge in [0.1, 0.15) is 0 Å². The number of nitrogens with zero attached hydrogens (tertiary/aromatic N) is 2. The lowest BCUT2D eigenvalue weighted by atomic mass is 9.91. The maximum atomic E-state index is 4.25. The third-order valence-electron chi connectivity index (χ3n) is 8.27. The van der Waals surface area contributed by atoms with Crippen LogP contribution in [0.25, 0.3) is 67.4 Å². The molecule has 2 heteroatoms. The van der Waals surface area contributed by atoms with Crippen LogP contribution in [-0.2, 0) is 0 Å². The molecule has 0 amide bonds. The van der Waals surface area contributed by atoms with Crippen molar-refractivity contribution in [3.05, 3.63) is 144 Å². The highest BCUT2D eigenvalue weighted by atomic mass is 15.0. The molecule has 7 aromatic rings. The van der Waals surface area contributed by atoms with Gasteiger partial charge in [-0.15, -0.1) is 0 Å². The van der Waals surface area contributed by atoms with Crippen molar-refractivity contribution in [2.24, 2.45) is 0 Å². The molecule has 0 saturated carbocycles. The van der Waals surface area contributed by atoms with E-state index in [1.165, 1.54) is 61.4 Å². The van der Waals surface area contributed by atoms with Gasteiger partial charge in [0, 0.05) is 44.2 Å². The van der Waals surface area contributed by atoms with E-state index in [-0.39, 0.29) is 0 Å². The van der Waals surface area contributed by atoms with Gasteiger partial charge in [-0.3, -0.25) is 0 Å². The number of benzene rings is 5. The van der Waals surface area contributed by atoms with Gasteiger partial charge >= 0.3 is 0 Å². The first-order valence-corrected chi connectivity index (χ1v) is 16.6. The molecule has 0 fully saturated rings. The van der Waals surface area contributed by atoms with E-state index in [4.69, 9.17) is 0 Å². The zero-order valence-corrected chi connectivity index (χ0v) is 28.4. The van der Waals surface area contributed by atoms with Crippen LogP contribution in [0.5, 0.6) is 0 Å². The third-order valence-corrected chi connectivity index (χ3v) is 8.27. The van der Waals surface area contributed by atoms with Gasteiger partial charge in [-0.05, 0) is 68.3 Å². The highest BCUT2D eigenvalue weighted by Gasteiger charge is 2.24. The van der Waals surface area contributed by atoms with Gasteiger partial charge in [0.05, 0.1) is 22.2 Å². The van der Waals surface area contributed by atoms with Gasteiger partial charge in [-0.25, -0.2) is 0 Å². The van der Waals surface area contributed by atoms with E-state index in [2.05, 4.69) is 172 Å². The molecular weight excluding hydrogens is 556 g/mol. The fourth-order valence-electron chi connectivity index (χ4n) is 6.54. The molecule has 2 nitrogen and oxygen atoms in total. The number of rotatable bonds is 5. The van der Waals surface area contributed by atoms with Crippen LogP contribution in [0.15, 0.2) is 122 Å². The Labute approximate surface area is 274 Å². The minimum absolute atomic E-state index is 1.14. The Hall–Kier alpha value is -5.08. The first-order chi connectivity index (χ1) is 22.5. The molecule has 0 bridgehead atoms. The molecule has 0 spiro atoms. The maximum absolute atomic E-state index is 4.25. The topological polar surface area (TPSA) is 9.86 Å². The highest BCUT2D eigenvalue weighted by Crippen LogP contribution is 2.45. The van der Waals surface area contributed by atoms with E-state index in [0.29, 0.717) is 0 Å². The van der Waals surface area contributed by atoms with Crippen LogP contribution in [0.1, 0.15) is 63.4 Å². The van der Waals surface area contributed by atoms with Crippen molar-refractivity contribution in [1.29, 1.82) is 0 Å². The second-order valence-corrected chi connectivity index (χ2v) is 11.4. The first-order valence-electron chi connectivity index (χ1n) is 16.6. The average molecular weight is 603 g/mol. The third kappa shape index (κ3) is 5.49. The number of fused-ring (bicyclic) bond motifs is 4. The predicted molar refractivity (Wildman–Crippen MR) is 205 cm³/mol. The Morgan fingerprint density at radius 3 is 1.61 bits per heavy atom. The van der Waals surface area contributed by atoms with Gasteiger partial charge in [-0.2, -0.15) is 0 Å². The molecule has 2 aromatic heterocycles. The summed E-state index contributed by atoms with van der Waals surface area (Å²) in [5, 5.41) is 3.73. The van der Waals surface area contributed by atoms with Crippen LogP contribution in [0, 0.1) is 13.8 Å². The molecule has 0 unspecified atom stereocenters. The van der Waals surface area contributed by atoms with Crippen LogP contribution in [0.4, 0.5) is 0 Å². The van der Waals surface area contributed by atoms with Crippen molar-refractivity contribution >= 4 is 44.9 Å². The maximum Gasteiger partial charge on any atom is 0.0623 e. The fourth-order valence-corrected chi connectivity index (χ4v) is 6.54. The Balaban J connectivity index is 0.000000789. The Bertz CT molecular complexity index is 2140. The van der Waals surface area contributed by atoms with Gasteiger partial charge < -0.3 is 9.13 Å². The molecule has 0 aliphatic carbocycles. The number of aryl methyl sites for hydroxylation is 2. The van der Waals surface area contributed by atoms with Gasteiger partial charge in [0.25, 0.3) is 0 Å². The smallest absolute Gasteiger partial charge is 0.0623 e. The largest absolute Gasteiger partial charge is 0.309 e. The van der Waals surface area contributed by atoms with Crippen molar-refractivity contribution in [2.75, 3.05) is 0 Å². The Morgan fingerprint density at radius 2 is 1.07 bits per heavy atom. The predicted octanol–water partition coefficient (Wildman–Crippen LogP) is 13.1. The summed E-state index contributed by atoms with van der Waals surface area (Å²) in [7, 11) is 0. The molecule has 0 N–H and O–H groups in total. The molecule has 0 atom stereocenters. The second kappa shape index (κ2) is 14.3. The van der Waals surface area contributed by atoms with E-state index in [0.717, 1.165) is 22.6 Å². The molecule has 5 aromatic carbocycles. The van der Waals surface area contributed by atoms with Crippen LogP contribution < -0.4 is 0 Å². The lowest BCUT2D eigenvalue weighted by molar-refractivity contribution is 1.09. The summed E-state index contributed by atoms with van der Waals surface area (Å²) in [6.45, 7) is 19.1. The average Bonchev–Trinajstić information content (AvgIpc) is 3.59. The second-order valence-electron chi connectivity index (χ2n) is 11.4. The molecule has 232 valence electrons. The Kier molecular flexibility index (Phi) is 10.1. The molecular formula is C44H46N2. The van der Waals surface area contributed by atoms with Gasteiger partial charge in [0.2, 0.25) is 0 Å². The van der Waals surface area contributed by atoms with E-state index in [9.17, 15) is 0 Å². The number of allylic oxidation sites excluding steroid dienone is 1. The Morgan fingerprint density at radius 1 is 0.587 bits per heavy atom. The number of hydrogen-bond donors (Lipinski definition) is 0. The van der Waals surface area contributed by atoms with E-state index in [1.807, 2.05) is 19.9 Å². The lowest BCUT2D eigenvalue weighted by Gasteiger charge is -2.19. The van der Waals surface area contributed by atoms with Crippen molar-refractivity contribution in [3.8, 4) is 22.5 Å². The highest BCUT2D eigenvalue weighted by molar-refractivity contribution is 6.17. The van der Waals surface area contributed by atoms with Crippen LogP contribution >= 0.6 is 0 Å². The standard InChI is InChI=1S/C39H32N2.C3H8.C2H6/c1-5-15-34-30(6-2)32-24-22-26(3)36(38(32)40(34)28-16-9-7-10-17-28)37-27(4)23-25-33-31-20-13-14-21-35(31)41(39(33)37)29-18-11-8-12-19-29;1-3-2;1-2/h5-25H,2H2,1,3-4H3;3H2,1-2H3;1-2H3/b15-5-;;. The molecule has 7 rings (SSSR count). The van der Waals surface area contributed by atoms with Crippen LogP contribution in [-0.4, -0.2) is 9.13 Å². The zero-order valence-electron chi connectivity index (χ0n) is 28.4. The quantitative estimate of drug-likeness (QED) is 0.185. The molecule has 2 heterocycles. The summed E-state index contributed by atoms with van der Waals surface area (Å²) in [6, 6.07) is 39.3. The fraction of sp³-hybridized carbons (Fsp3) is 0.182. The van der Waals surface area contributed by atoms with E-state index < -0.39 is 0 Å². The summed E-state index contributed by atoms with van der Waals surface area (Å²) in [5.74, 6) is 0. The molecule has 0 aliphatic rings. The minimum atomic E-state index is 1.14.